The molecule has 0 heterocycles. The first-order valence-corrected chi connectivity index (χ1v) is 9.04. The van der Waals surface area contributed by atoms with E-state index in [1.807, 2.05) is 33.8 Å². The molecule has 0 aromatic carbocycles. The van der Waals surface area contributed by atoms with Crippen LogP contribution >= 0.6 is 0 Å². The highest BCUT2D eigenvalue weighted by atomic mass is 16.6. The second-order valence-electron chi connectivity index (χ2n) is 8.24. The molecule has 0 amide bonds. The van der Waals surface area contributed by atoms with E-state index in [0.29, 0.717) is 5.92 Å². The van der Waals surface area contributed by atoms with Crippen LogP contribution in [0.1, 0.15) is 72.6 Å². The Bertz CT molecular complexity index is 449. The Labute approximate surface area is 147 Å². The fourth-order valence-corrected chi connectivity index (χ4v) is 3.66. The Morgan fingerprint density at radius 2 is 2.04 bits per heavy atom. The van der Waals surface area contributed by atoms with E-state index in [1.165, 1.54) is 7.11 Å². The zero-order valence-electron chi connectivity index (χ0n) is 16.0. The highest BCUT2D eigenvalue weighted by Gasteiger charge is 2.43. The minimum absolute atomic E-state index is 0.0745. The number of hydrogen-bond donors (Lipinski definition) is 0. The SMILES string of the molecule is C=CCCC[C@@H]1CCC[C@@]1(C)OC(=O)C[C@H](C(=O)OC)C(C)(C)C. The summed E-state index contributed by atoms with van der Waals surface area (Å²) in [6.07, 6.45) is 8.21. The first-order valence-electron chi connectivity index (χ1n) is 9.04. The van der Waals surface area contributed by atoms with Crippen LogP contribution < -0.4 is 0 Å². The molecule has 3 atom stereocenters. The summed E-state index contributed by atoms with van der Waals surface area (Å²) in [4.78, 5) is 24.5. The van der Waals surface area contributed by atoms with Gasteiger partial charge >= 0.3 is 11.9 Å². The third kappa shape index (κ3) is 5.64. The molecule has 0 saturated heterocycles. The van der Waals surface area contributed by atoms with Crippen molar-refractivity contribution in [1.29, 1.82) is 0 Å². The smallest absolute Gasteiger partial charge is 0.309 e. The number of methoxy groups -OCH3 is 1. The number of allylic oxidation sites excluding steroid dienone is 1. The van der Waals surface area contributed by atoms with Crippen molar-refractivity contribution in [3.63, 3.8) is 0 Å². The van der Waals surface area contributed by atoms with Crippen LogP contribution in [0.2, 0.25) is 0 Å². The van der Waals surface area contributed by atoms with Crippen LogP contribution in [-0.2, 0) is 19.1 Å². The zero-order chi connectivity index (χ0) is 18.4. The van der Waals surface area contributed by atoms with Crippen molar-refractivity contribution < 1.29 is 19.1 Å². The van der Waals surface area contributed by atoms with E-state index in [0.717, 1.165) is 38.5 Å². The zero-order valence-corrected chi connectivity index (χ0v) is 16.0. The van der Waals surface area contributed by atoms with Gasteiger partial charge in [-0.1, -0.05) is 26.8 Å². The van der Waals surface area contributed by atoms with E-state index in [2.05, 4.69) is 6.58 Å². The molecule has 0 bridgehead atoms. The summed E-state index contributed by atoms with van der Waals surface area (Å²) in [7, 11) is 1.36. The van der Waals surface area contributed by atoms with Gasteiger partial charge in [0.05, 0.1) is 19.4 Å². The van der Waals surface area contributed by atoms with Crippen LogP contribution in [0.15, 0.2) is 12.7 Å². The van der Waals surface area contributed by atoms with Gasteiger partial charge in [-0.05, 0) is 56.8 Å². The minimum atomic E-state index is -0.487. The molecule has 1 fully saturated rings. The molecule has 0 aliphatic heterocycles. The number of ether oxygens (including phenoxy) is 2. The molecule has 1 aliphatic carbocycles. The van der Waals surface area contributed by atoms with E-state index in [-0.39, 0.29) is 23.8 Å². The predicted octanol–water partition coefficient (Wildman–Crippen LogP) is 4.67. The van der Waals surface area contributed by atoms with Gasteiger partial charge in [-0.15, -0.1) is 6.58 Å². The average molecular weight is 338 g/mol. The van der Waals surface area contributed by atoms with E-state index in [4.69, 9.17) is 9.47 Å². The molecular weight excluding hydrogens is 304 g/mol. The van der Waals surface area contributed by atoms with Crippen molar-refractivity contribution in [3.8, 4) is 0 Å². The van der Waals surface area contributed by atoms with E-state index in [1.54, 1.807) is 0 Å². The lowest BCUT2D eigenvalue weighted by atomic mass is 9.78. The van der Waals surface area contributed by atoms with E-state index < -0.39 is 11.5 Å². The van der Waals surface area contributed by atoms with Crippen molar-refractivity contribution in [2.75, 3.05) is 7.11 Å². The fourth-order valence-electron chi connectivity index (χ4n) is 3.66. The van der Waals surface area contributed by atoms with Crippen LogP contribution in [-0.4, -0.2) is 24.6 Å². The Morgan fingerprint density at radius 3 is 2.58 bits per heavy atom. The largest absolute Gasteiger partial charge is 0.469 e. The predicted molar refractivity (Wildman–Crippen MR) is 95.5 cm³/mol. The van der Waals surface area contributed by atoms with E-state index >= 15 is 0 Å². The van der Waals surface area contributed by atoms with Gasteiger partial charge in [0.1, 0.15) is 5.60 Å². The van der Waals surface area contributed by atoms with Gasteiger partial charge in [-0.25, -0.2) is 0 Å². The molecule has 0 aromatic rings. The minimum Gasteiger partial charge on any atom is -0.469 e. The second kappa shape index (κ2) is 8.68. The van der Waals surface area contributed by atoms with Crippen LogP contribution in [0.5, 0.6) is 0 Å². The molecule has 4 nitrogen and oxygen atoms in total. The van der Waals surface area contributed by atoms with Gasteiger partial charge in [0.25, 0.3) is 0 Å². The number of carbonyl (C=O) groups is 2. The van der Waals surface area contributed by atoms with Gasteiger partial charge < -0.3 is 9.47 Å². The Hall–Kier alpha value is -1.32. The third-order valence-corrected chi connectivity index (χ3v) is 5.30. The maximum Gasteiger partial charge on any atom is 0.309 e. The van der Waals surface area contributed by atoms with Gasteiger partial charge in [-0.2, -0.15) is 0 Å². The molecule has 4 heteroatoms. The van der Waals surface area contributed by atoms with Gasteiger partial charge in [-0.3, -0.25) is 9.59 Å². The van der Waals surface area contributed by atoms with Gasteiger partial charge in [0, 0.05) is 0 Å². The maximum atomic E-state index is 12.5. The summed E-state index contributed by atoms with van der Waals surface area (Å²) >= 11 is 0. The van der Waals surface area contributed by atoms with Crippen LogP contribution in [0.4, 0.5) is 0 Å². The van der Waals surface area contributed by atoms with Crippen LogP contribution in [0, 0.1) is 17.3 Å². The lowest BCUT2D eigenvalue weighted by Gasteiger charge is -2.33. The average Bonchev–Trinajstić information content (AvgIpc) is 2.84. The molecule has 0 aromatic heterocycles. The molecule has 0 unspecified atom stereocenters. The summed E-state index contributed by atoms with van der Waals surface area (Å²) in [5, 5.41) is 0. The second-order valence-corrected chi connectivity index (χ2v) is 8.24. The summed E-state index contributed by atoms with van der Waals surface area (Å²) in [6, 6.07) is 0. The third-order valence-electron chi connectivity index (χ3n) is 5.30. The first kappa shape index (κ1) is 20.7. The highest BCUT2D eigenvalue weighted by molar-refractivity contribution is 5.80. The standard InChI is InChI=1S/C20H34O4/c1-7-8-9-11-15-12-10-13-20(15,5)24-17(21)14-16(18(22)23-6)19(2,3)4/h7,15-16H,1,8-14H2,2-6H3/t15-,16-,20-/m1/s1. The summed E-state index contributed by atoms with van der Waals surface area (Å²) in [5.41, 5.74) is -0.747. The molecule has 1 saturated carbocycles. The first-order chi connectivity index (χ1) is 11.1. The maximum absolute atomic E-state index is 12.5. The number of esters is 2. The molecule has 0 N–H and O–H groups in total. The normalized spacial score (nSPS) is 25.1. The molecule has 138 valence electrons. The van der Waals surface area contributed by atoms with Crippen molar-refractivity contribution in [1.82, 2.24) is 0 Å². The monoisotopic (exact) mass is 338 g/mol. The Kier molecular flexibility index (Phi) is 7.50. The highest BCUT2D eigenvalue weighted by Crippen LogP contribution is 2.42. The molecule has 1 rings (SSSR count). The quantitative estimate of drug-likeness (QED) is 0.366. The molecule has 1 aliphatic rings. The lowest BCUT2D eigenvalue weighted by molar-refractivity contribution is -0.168. The van der Waals surface area contributed by atoms with Crippen molar-refractivity contribution in [2.24, 2.45) is 17.3 Å². The molecule has 0 spiro atoms. The van der Waals surface area contributed by atoms with Gasteiger partial charge in [0.15, 0.2) is 0 Å². The fraction of sp³-hybridized carbons (Fsp3) is 0.800. The van der Waals surface area contributed by atoms with E-state index in [9.17, 15) is 9.59 Å². The van der Waals surface area contributed by atoms with Gasteiger partial charge in [0.2, 0.25) is 0 Å². The Balaban J connectivity index is 2.70. The number of hydrogen-bond acceptors (Lipinski definition) is 4. The van der Waals surface area contributed by atoms with Crippen molar-refractivity contribution in [3.05, 3.63) is 12.7 Å². The Morgan fingerprint density at radius 1 is 1.38 bits per heavy atom. The van der Waals surface area contributed by atoms with Crippen LogP contribution in [0.25, 0.3) is 0 Å². The summed E-state index contributed by atoms with van der Waals surface area (Å²) < 4.78 is 10.8. The van der Waals surface area contributed by atoms with Crippen molar-refractivity contribution >= 4 is 11.9 Å². The lowest BCUT2D eigenvalue weighted by Crippen LogP contribution is -2.38. The topological polar surface area (TPSA) is 52.6 Å². The summed E-state index contributed by atoms with van der Waals surface area (Å²) in [6.45, 7) is 11.6. The number of rotatable bonds is 8. The molecule has 24 heavy (non-hydrogen) atoms. The number of unbranched alkanes of at least 4 members (excludes halogenated alkanes) is 1. The van der Waals surface area contributed by atoms with Crippen LogP contribution in [0.3, 0.4) is 0 Å². The number of carbonyl (C=O) groups excluding carboxylic acids is 2. The molecule has 0 radical (unpaired) electrons. The van der Waals surface area contributed by atoms with Crippen molar-refractivity contribution in [2.45, 2.75) is 78.2 Å². The molecular formula is C20H34O4. The summed E-state index contributed by atoms with van der Waals surface area (Å²) in [5.74, 6) is -0.733.